The van der Waals surface area contributed by atoms with E-state index in [1.807, 2.05) is 30.3 Å². The molecule has 8 heteroatoms. The van der Waals surface area contributed by atoms with Gasteiger partial charge in [0.15, 0.2) is 11.6 Å². The number of benzene rings is 3. The van der Waals surface area contributed by atoms with Crippen LogP contribution in [-0.4, -0.2) is 15.1 Å². The van der Waals surface area contributed by atoms with Gasteiger partial charge >= 0.3 is 0 Å². The Bertz CT molecular complexity index is 1160. The molecule has 0 aliphatic rings. The van der Waals surface area contributed by atoms with Crippen molar-refractivity contribution in [3.63, 3.8) is 0 Å². The average molecular weight is 405 g/mol. The van der Waals surface area contributed by atoms with Gasteiger partial charge in [0, 0.05) is 17.8 Å². The first-order chi connectivity index (χ1) is 14.6. The lowest BCUT2D eigenvalue weighted by atomic mass is 10.1. The second kappa shape index (κ2) is 8.44. The SMILES string of the molecule is O=[N+]([O-])c1ccc(Oc2ccc(OCc3ccccc3)c(-c3ccn[nH]3)c2)c(F)c1. The highest BCUT2D eigenvalue weighted by Crippen LogP contribution is 2.35. The third-order valence-electron chi connectivity index (χ3n) is 4.33. The van der Waals surface area contributed by atoms with Crippen molar-refractivity contribution >= 4 is 5.69 Å². The molecule has 150 valence electrons. The fraction of sp³-hybridized carbons (Fsp3) is 0.0455. The van der Waals surface area contributed by atoms with Crippen LogP contribution in [-0.2, 0) is 6.61 Å². The number of aromatic nitrogens is 2. The van der Waals surface area contributed by atoms with Crippen molar-refractivity contribution in [2.45, 2.75) is 6.61 Å². The normalized spacial score (nSPS) is 10.6. The summed E-state index contributed by atoms with van der Waals surface area (Å²) >= 11 is 0. The molecule has 0 aliphatic carbocycles. The summed E-state index contributed by atoms with van der Waals surface area (Å²) in [6, 6.07) is 19.8. The van der Waals surface area contributed by atoms with E-state index in [4.69, 9.17) is 9.47 Å². The molecule has 4 aromatic rings. The fourth-order valence-corrected chi connectivity index (χ4v) is 2.86. The van der Waals surface area contributed by atoms with Crippen LogP contribution in [0.1, 0.15) is 5.56 Å². The van der Waals surface area contributed by atoms with Gasteiger partial charge in [0.05, 0.1) is 16.7 Å². The van der Waals surface area contributed by atoms with Gasteiger partial charge in [-0.2, -0.15) is 5.10 Å². The standard InChI is InChI=1S/C22H16FN3O4/c23-19-12-16(26(27)28)6-8-22(19)30-17-7-9-21(18(13-17)20-10-11-24-25-20)29-14-15-4-2-1-3-5-15/h1-13H,14H2,(H,24,25). The Hall–Kier alpha value is -4.20. The molecule has 1 heterocycles. The van der Waals surface area contributed by atoms with Gasteiger partial charge in [0.1, 0.15) is 18.1 Å². The van der Waals surface area contributed by atoms with Crippen molar-refractivity contribution in [3.8, 4) is 28.5 Å². The van der Waals surface area contributed by atoms with Crippen LogP contribution in [0.4, 0.5) is 10.1 Å². The predicted molar refractivity (Wildman–Crippen MR) is 108 cm³/mol. The summed E-state index contributed by atoms with van der Waals surface area (Å²) in [5, 5.41) is 17.6. The van der Waals surface area contributed by atoms with Gasteiger partial charge in [-0.25, -0.2) is 4.39 Å². The van der Waals surface area contributed by atoms with Crippen LogP contribution < -0.4 is 9.47 Å². The first-order valence-electron chi connectivity index (χ1n) is 9.02. The number of nitrogens with one attached hydrogen (secondary N) is 1. The van der Waals surface area contributed by atoms with E-state index in [9.17, 15) is 14.5 Å². The minimum atomic E-state index is -0.823. The number of H-pyrrole nitrogens is 1. The molecule has 0 aliphatic heterocycles. The van der Waals surface area contributed by atoms with E-state index in [0.29, 0.717) is 29.4 Å². The van der Waals surface area contributed by atoms with E-state index < -0.39 is 10.7 Å². The molecule has 3 aromatic carbocycles. The average Bonchev–Trinajstić information content (AvgIpc) is 3.29. The van der Waals surface area contributed by atoms with Crippen LogP contribution >= 0.6 is 0 Å². The van der Waals surface area contributed by atoms with E-state index in [2.05, 4.69) is 10.2 Å². The summed E-state index contributed by atoms with van der Waals surface area (Å²) in [6.07, 6.45) is 1.61. The molecule has 4 rings (SSSR count). The van der Waals surface area contributed by atoms with Gasteiger partial charge in [0.25, 0.3) is 5.69 Å². The summed E-state index contributed by atoms with van der Waals surface area (Å²) in [4.78, 5) is 10.1. The first kappa shape index (κ1) is 19.1. The molecule has 30 heavy (non-hydrogen) atoms. The monoisotopic (exact) mass is 405 g/mol. The molecule has 0 atom stereocenters. The van der Waals surface area contributed by atoms with Crippen molar-refractivity contribution in [2.75, 3.05) is 0 Å². The number of non-ortho nitro benzene ring substituents is 1. The lowest BCUT2D eigenvalue weighted by Gasteiger charge is -2.13. The molecule has 0 unspecified atom stereocenters. The number of rotatable bonds is 7. The number of nitrogens with zero attached hydrogens (tertiary/aromatic N) is 2. The summed E-state index contributed by atoms with van der Waals surface area (Å²) in [7, 11) is 0. The minimum Gasteiger partial charge on any atom is -0.488 e. The molecule has 0 amide bonds. The fourth-order valence-electron chi connectivity index (χ4n) is 2.86. The molecular weight excluding hydrogens is 389 g/mol. The molecule has 7 nitrogen and oxygen atoms in total. The third kappa shape index (κ3) is 4.27. The molecular formula is C22H16FN3O4. The van der Waals surface area contributed by atoms with Gasteiger partial charge in [0.2, 0.25) is 0 Å². The quantitative estimate of drug-likeness (QED) is 0.324. The Balaban J connectivity index is 1.61. The molecule has 0 bridgehead atoms. The smallest absolute Gasteiger partial charge is 0.272 e. The number of nitro benzene ring substituents is 1. The summed E-state index contributed by atoms with van der Waals surface area (Å²) < 4.78 is 25.8. The molecule has 1 aromatic heterocycles. The zero-order valence-corrected chi connectivity index (χ0v) is 15.6. The van der Waals surface area contributed by atoms with Crippen molar-refractivity contribution in [1.82, 2.24) is 10.2 Å². The highest BCUT2D eigenvalue weighted by Gasteiger charge is 2.15. The summed E-state index contributed by atoms with van der Waals surface area (Å²) in [5.74, 6) is 0.00449. The lowest BCUT2D eigenvalue weighted by Crippen LogP contribution is -1.98. The van der Waals surface area contributed by atoms with Crippen LogP contribution in [0, 0.1) is 15.9 Å². The zero-order chi connectivity index (χ0) is 20.9. The Morgan fingerprint density at radius 1 is 1.00 bits per heavy atom. The van der Waals surface area contributed by atoms with Crippen molar-refractivity contribution < 1.29 is 18.8 Å². The third-order valence-corrected chi connectivity index (χ3v) is 4.33. The van der Waals surface area contributed by atoms with E-state index in [0.717, 1.165) is 11.6 Å². The van der Waals surface area contributed by atoms with E-state index in [1.165, 1.54) is 12.1 Å². The van der Waals surface area contributed by atoms with Gasteiger partial charge in [-0.1, -0.05) is 30.3 Å². The molecule has 0 saturated heterocycles. The van der Waals surface area contributed by atoms with Gasteiger partial charge in [-0.05, 0) is 35.9 Å². The maximum absolute atomic E-state index is 14.2. The lowest BCUT2D eigenvalue weighted by molar-refractivity contribution is -0.385. The second-order valence-corrected chi connectivity index (χ2v) is 6.38. The maximum Gasteiger partial charge on any atom is 0.272 e. The number of halogens is 1. The largest absolute Gasteiger partial charge is 0.488 e. The van der Waals surface area contributed by atoms with Crippen molar-refractivity contribution in [2.24, 2.45) is 0 Å². The van der Waals surface area contributed by atoms with Crippen LogP contribution in [0.5, 0.6) is 17.2 Å². The Kier molecular flexibility index (Phi) is 5.38. The van der Waals surface area contributed by atoms with E-state index in [1.54, 1.807) is 30.5 Å². The highest BCUT2D eigenvalue weighted by molar-refractivity contribution is 5.69. The Morgan fingerprint density at radius 3 is 2.50 bits per heavy atom. The Morgan fingerprint density at radius 2 is 1.80 bits per heavy atom. The molecule has 0 fully saturated rings. The van der Waals surface area contributed by atoms with Crippen LogP contribution in [0.15, 0.2) is 79.0 Å². The minimum absolute atomic E-state index is 0.117. The highest BCUT2D eigenvalue weighted by atomic mass is 19.1. The van der Waals surface area contributed by atoms with Gasteiger partial charge < -0.3 is 9.47 Å². The van der Waals surface area contributed by atoms with Crippen LogP contribution in [0.2, 0.25) is 0 Å². The van der Waals surface area contributed by atoms with Crippen LogP contribution in [0.25, 0.3) is 11.3 Å². The summed E-state index contributed by atoms with van der Waals surface area (Å²) in [5.41, 5.74) is 2.06. The van der Waals surface area contributed by atoms with E-state index >= 15 is 0 Å². The first-order valence-corrected chi connectivity index (χ1v) is 9.02. The number of aromatic amines is 1. The number of hydrogen-bond donors (Lipinski definition) is 1. The molecule has 0 saturated carbocycles. The maximum atomic E-state index is 14.2. The van der Waals surface area contributed by atoms with Crippen molar-refractivity contribution in [1.29, 1.82) is 0 Å². The number of nitro groups is 1. The van der Waals surface area contributed by atoms with Gasteiger partial charge in [-0.3, -0.25) is 15.2 Å². The molecule has 0 radical (unpaired) electrons. The Labute approximate surface area is 170 Å². The zero-order valence-electron chi connectivity index (χ0n) is 15.6. The van der Waals surface area contributed by atoms with E-state index in [-0.39, 0.29) is 11.4 Å². The number of ether oxygens (including phenoxy) is 2. The molecule has 0 spiro atoms. The topological polar surface area (TPSA) is 90.3 Å². The predicted octanol–water partition coefficient (Wildman–Crippen LogP) is 5.50. The number of hydrogen-bond acceptors (Lipinski definition) is 5. The van der Waals surface area contributed by atoms with Crippen molar-refractivity contribution in [3.05, 3.63) is 100 Å². The van der Waals surface area contributed by atoms with Gasteiger partial charge in [-0.15, -0.1) is 0 Å². The van der Waals surface area contributed by atoms with Crippen LogP contribution in [0.3, 0.4) is 0 Å². The second-order valence-electron chi connectivity index (χ2n) is 6.38. The summed E-state index contributed by atoms with van der Waals surface area (Å²) in [6.45, 7) is 0.374. The molecule has 1 N–H and O–H groups in total.